The van der Waals surface area contributed by atoms with E-state index in [9.17, 15) is 9.90 Å². The highest BCUT2D eigenvalue weighted by atomic mass is 16.5. The van der Waals surface area contributed by atoms with Crippen LogP contribution >= 0.6 is 0 Å². The van der Waals surface area contributed by atoms with Gasteiger partial charge in [0.1, 0.15) is 0 Å². The summed E-state index contributed by atoms with van der Waals surface area (Å²) >= 11 is 0. The van der Waals surface area contributed by atoms with Gasteiger partial charge in [0.15, 0.2) is 0 Å². The Labute approximate surface area is 121 Å². The molecule has 2 rings (SSSR count). The van der Waals surface area contributed by atoms with Gasteiger partial charge >= 0.3 is 5.97 Å². The zero-order valence-electron chi connectivity index (χ0n) is 12.2. The van der Waals surface area contributed by atoms with E-state index in [2.05, 4.69) is 24.3 Å². The standard InChI is InChI=1S/C17H24O3/c1-2-20-17(19)12-16(18)11-13-7-9-15(10-8-13)14-5-3-4-6-14/h7-10,14,16,18H,2-6,11-12H2,1H3/t16-/m1/s1. The van der Waals surface area contributed by atoms with Gasteiger partial charge in [0.05, 0.1) is 19.1 Å². The number of benzene rings is 1. The van der Waals surface area contributed by atoms with Crippen LogP contribution in [0.3, 0.4) is 0 Å². The largest absolute Gasteiger partial charge is 0.466 e. The summed E-state index contributed by atoms with van der Waals surface area (Å²) in [5, 5.41) is 9.88. The van der Waals surface area contributed by atoms with Gasteiger partial charge in [0, 0.05) is 0 Å². The predicted molar refractivity (Wildman–Crippen MR) is 78.6 cm³/mol. The Bertz CT molecular complexity index is 418. The molecule has 1 fully saturated rings. The zero-order valence-corrected chi connectivity index (χ0v) is 12.2. The minimum absolute atomic E-state index is 0.0677. The molecule has 3 nitrogen and oxygen atoms in total. The molecule has 20 heavy (non-hydrogen) atoms. The SMILES string of the molecule is CCOC(=O)C[C@H](O)Cc1ccc(C2CCCC2)cc1. The first kappa shape index (κ1) is 15.0. The van der Waals surface area contributed by atoms with Gasteiger partial charge in [-0.15, -0.1) is 0 Å². The summed E-state index contributed by atoms with van der Waals surface area (Å²) in [4.78, 5) is 11.3. The third kappa shape index (κ3) is 4.34. The monoisotopic (exact) mass is 276 g/mol. The molecular weight excluding hydrogens is 252 g/mol. The van der Waals surface area contributed by atoms with Crippen LogP contribution in [-0.4, -0.2) is 23.8 Å². The molecule has 0 aromatic heterocycles. The summed E-state index contributed by atoms with van der Waals surface area (Å²) < 4.78 is 4.84. The number of hydrogen-bond donors (Lipinski definition) is 1. The molecule has 1 atom stereocenters. The molecule has 0 aliphatic heterocycles. The van der Waals surface area contributed by atoms with Crippen LogP contribution in [0.15, 0.2) is 24.3 Å². The smallest absolute Gasteiger partial charge is 0.308 e. The van der Waals surface area contributed by atoms with E-state index in [1.165, 1.54) is 31.2 Å². The number of hydrogen-bond acceptors (Lipinski definition) is 3. The van der Waals surface area contributed by atoms with Gasteiger partial charge in [-0.1, -0.05) is 37.1 Å². The fourth-order valence-electron chi connectivity index (χ4n) is 2.94. The van der Waals surface area contributed by atoms with Crippen molar-refractivity contribution >= 4 is 5.97 Å². The lowest BCUT2D eigenvalue weighted by atomic mass is 9.95. The predicted octanol–water partition coefficient (Wildman–Crippen LogP) is 3.20. The second-order valence-electron chi connectivity index (χ2n) is 5.59. The van der Waals surface area contributed by atoms with Gasteiger partial charge in [0.2, 0.25) is 0 Å². The third-order valence-corrected chi connectivity index (χ3v) is 3.99. The first-order valence-corrected chi connectivity index (χ1v) is 7.61. The molecule has 1 aromatic carbocycles. The van der Waals surface area contributed by atoms with Crippen molar-refractivity contribution in [2.45, 2.75) is 57.5 Å². The van der Waals surface area contributed by atoms with Gasteiger partial charge in [-0.25, -0.2) is 0 Å². The van der Waals surface area contributed by atoms with Crippen molar-refractivity contribution in [2.24, 2.45) is 0 Å². The van der Waals surface area contributed by atoms with Crippen LogP contribution in [0.25, 0.3) is 0 Å². The Kier molecular flexibility index (Phi) is 5.60. The first-order chi connectivity index (χ1) is 9.69. The molecule has 0 unspecified atom stereocenters. The quantitative estimate of drug-likeness (QED) is 0.812. The van der Waals surface area contributed by atoms with Gasteiger partial charge in [0.25, 0.3) is 0 Å². The van der Waals surface area contributed by atoms with Crippen molar-refractivity contribution in [3.05, 3.63) is 35.4 Å². The fourth-order valence-corrected chi connectivity index (χ4v) is 2.94. The molecule has 1 aliphatic rings. The van der Waals surface area contributed by atoms with Gasteiger partial charge in [-0.3, -0.25) is 4.79 Å². The summed E-state index contributed by atoms with van der Waals surface area (Å²) in [6.07, 6.45) is 5.18. The molecule has 1 aromatic rings. The van der Waals surface area contributed by atoms with Crippen LogP contribution in [0.2, 0.25) is 0 Å². The Hall–Kier alpha value is -1.35. The van der Waals surface area contributed by atoms with Crippen LogP contribution in [0.1, 0.15) is 56.1 Å². The Morgan fingerprint density at radius 1 is 1.30 bits per heavy atom. The topological polar surface area (TPSA) is 46.5 Å². The van der Waals surface area contributed by atoms with Crippen molar-refractivity contribution in [1.82, 2.24) is 0 Å². The molecule has 0 amide bonds. The molecule has 0 saturated heterocycles. The van der Waals surface area contributed by atoms with Gasteiger partial charge in [-0.2, -0.15) is 0 Å². The normalized spacial score (nSPS) is 17.1. The number of aliphatic hydroxyl groups excluding tert-OH is 1. The minimum Gasteiger partial charge on any atom is -0.466 e. The Balaban J connectivity index is 1.85. The summed E-state index contributed by atoms with van der Waals surface area (Å²) in [5.41, 5.74) is 2.48. The van der Waals surface area contributed by atoms with Crippen LogP contribution in [0.4, 0.5) is 0 Å². The van der Waals surface area contributed by atoms with E-state index in [1.54, 1.807) is 6.92 Å². The molecule has 1 N–H and O–H groups in total. The average Bonchev–Trinajstić information content (AvgIpc) is 2.93. The lowest BCUT2D eigenvalue weighted by Gasteiger charge is -2.12. The molecule has 1 aliphatic carbocycles. The van der Waals surface area contributed by atoms with Crippen molar-refractivity contribution in [1.29, 1.82) is 0 Å². The molecular formula is C17H24O3. The molecule has 0 bridgehead atoms. The van der Waals surface area contributed by atoms with E-state index < -0.39 is 6.10 Å². The highest BCUT2D eigenvalue weighted by molar-refractivity contribution is 5.69. The summed E-state index contributed by atoms with van der Waals surface area (Å²) in [6.45, 7) is 2.13. The molecule has 0 heterocycles. The van der Waals surface area contributed by atoms with E-state index in [-0.39, 0.29) is 12.4 Å². The highest BCUT2D eigenvalue weighted by Crippen LogP contribution is 2.34. The third-order valence-electron chi connectivity index (χ3n) is 3.99. The van der Waals surface area contributed by atoms with E-state index in [0.717, 1.165) is 5.56 Å². The molecule has 1 saturated carbocycles. The summed E-state index contributed by atoms with van der Waals surface area (Å²) in [5.74, 6) is 0.385. The van der Waals surface area contributed by atoms with Crippen molar-refractivity contribution in [2.75, 3.05) is 6.61 Å². The lowest BCUT2D eigenvalue weighted by Crippen LogP contribution is -2.18. The summed E-state index contributed by atoms with van der Waals surface area (Å²) in [7, 11) is 0. The highest BCUT2D eigenvalue weighted by Gasteiger charge is 2.17. The fraction of sp³-hybridized carbons (Fsp3) is 0.588. The second-order valence-corrected chi connectivity index (χ2v) is 5.59. The van der Waals surface area contributed by atoms with Crippen LogP contribution in [-0.2, 0) is 16.0 Å². The van der Waals surface area contributed by atoms with Gasteiger partial charge < -0.3 is 9.84 Å². The maximum Gasteiger partial charge on any atom is 0.308 e. The number of esters is 1. The summed E-state index contributed by atoms with van der Waals surface area (Å²) in [6, 6.07) is 8.48. The van der Waals surface area contributed by atoms with Crippen LogP contribution in [0, 0.1) is 0 Å². The van der Waals surface area contributed by atoms with Crippen molar-refractivity contribution in [3.8, 4) is 0 Å². The number of ether oxygens (including phenoxy) is 1. The first-order valence-electron chi connectivity index (χ1n) is 7.61. The Morgan fingerprint density at radius 3 is 2.55 bits per heavy atom. The second kappa shape index (κ2) is 7.44. The molecule has 0 radical (unpaired) electrons. The van der Waals surface area contributed by atoms with Crippen LogP contribution < -0.4 is 0 Å². The zero-order chi connectivity index (χ0) is 14.4. The molecule has 0 spiro atoms. The van der Waals surface area contributed by atoms with Crippen molar-refractivity contribution in [3.63, 3.8) is 0 Å². The van der Waals surface area contributed by atoms with Crippen molar-refractivity contribution < 1.29 is 14.6 Å². The number of rotatable bonds is 6. The number of aliphatic hydroxyl groups is 1. The average molecular weight is 276 g/mol. The van der Waals surface area contributed by atoms with E-state index in [1.807, 2.05) is 0 Å². The van der Waals surface area contributed by atoms with Gasteiger partial charge in [-0.05, 0) is 43.2 Å². The number of carbonyl (C=O) groups excluding carboxylic acids is 1. The number of carbonyl (C=O) groups is 1. The van der Waals surface area contributed by atoms with Crippen LogP contribution in [0.5, 0.6) is 0 Å². The lowest BCUT2D eigenvalue weighted by molar-refractivity contribution is -0.145. The van der Waals surface area contributed by atoms with E-state index in [4.69, 9.17) is 4.74 Å². The maximum atomic E-state index is 11.3. The maximum absolute atomic E-state index is 11.3. The van der Waals surface area contributed by atoms with E-state index in [0.29, 0.717) is 18.9 Å². The molecule has 3 heteroatoms. The molecule has 110 valence electrons. The van der Waals surface area contributed by atoms with E-state index >= 15 is 0 Å². The Morgan fingerprint density at radius 2 is 1.95 bits per heavy atom. The minimum atomic E-state index is -0.661.